The third-order valence-electron chi connectivity index (χ3n) is 3.49. The van der Waals surface area contributed by atoms with Crippen LogP contribution < -0.4 is 25.0 Å². The van der Waals surface area contributed by atoms with E-state index in [1.807, 2.05) is 6.07 Å². The largest absolute Gasteiger partial charge is 0.497 e. The molecule has 0 aliphatic carbocycles. The Bertz CT molecular complexity index is 998. The highest BCUT2D eigenvalue weighted by molar-refractivity contribution is 7.89. The van der Waals surface area contributed by atoms with Crippen LogP contribution in [-0.4, -0.2) is 40.5 Å². The molecule has 2 rings (SSSR count). The molecule has 0 saturated heterocycles. The van der Waals surface area contributed by atoms with Gasteiger partial charge in [0.25, 0.3) is 11.8 Å². The van der Waals surface area contributed by atoms with E-state index in [-0.39, 0.29) is 11.5 Å². The van der Waals surface area contributed by atoms with Crippen LogP contribution in [0.1, 0.15) is 5.56 Å². The molecule has 0 aliphatic rings. The summed E-state index contributed by atoms with van der Waals surface area (Å²) in [6, 6.07) is 13.7. The van der Waals surface area contributed by atoms with E-state index in [1.165, 1.54) is 55.6 Å². The van der Waals surface area contributed by atoms with Gasteiger partial charge < -0.3 is 9.47 Å². The number of nitrogens with one attached hydrogen (secondary N) is 3. The van der Waals surface area contributed by atoms with Crippen molar-refractivity contribution in [2.24, 2.45) is 0 Å². The zero-order valence-electron chi connectivity index (χ0n) is 15.3. The molecule has 0 heterocycles. The number of nitriles is 1. The first-order valence-corrected chi connectivity index (χ1v) is 9.67. The summed E-state index contributed by atoms with van der Waals surface area (Å²) in [5.41, 5.74) is 4.62. The molecule has 10 nitrogen and oxygen atoms in total. The molecule has 0 saturated carbocycles. The zero-order chi connectivity index (χ0) is 21.3. The zero-order valence-corrected chi connectivity index (χ0v) is 16.2. The topological polar surface area (TPSA) is 147 Å². The van der Waals surface area contributed by atoms with Crippen LogP contribution in [0.15, 0.2) is 53.4 Å². The molecule has 2 aromatic carbocycles. The number of carbonyl (C=O) groups excluding carboxylic acids is 2. The van der Waals surface area contributed by atoms with Gasteiger partial charge in [-0.05, 0) is 48.5 Å². The number of ether oxygens (including phenoxy) is 2. The monoisotopic (exact) mass is 418 g/mol. The molecule has 152 valence electrons. The lowest BCUT2D eigenvalue weighted by molar-refractivity contribution is -0.129. The smallest absolute Gasteiger partial charge is 0.276 e. The van der Waals surface area contributed by atoms with Crippen molar-refractivity contribution in [2.45, 2.75) is 4.90 Å². The van der Waals surface area contributed by atoms with Gasteiger partial charge in [-0.25, -0.2) is 13.1 Å². The first-order chi connectivity index (χ1) is 13.8. The van der Waals surface area contributed by atoms with Crippen LogP contribution in [0.25, 0.3) is 0 Å². The number of carbonyl (C=O) groups is 2. The number of methoxy groups -OCH3 is 1. The second-order valence-corrected chi connectivity index (χ2v) is 7.29. The summed E-state index contributed by atoms with van der Waals surface area (Å²) in [5.74, 6) is -0.556. The summed E-state index contributed by atoms with van der Waals surface area (Å²) in [4.78, 5) is 23.4. The molecule has 0 bridgehead atoms. The van der Waals surface area contributed by atoms with Gasteiger partial charge >= 0.3 is 0 Å². The lowest BCUT2D eigenvalue weighted by Crippen LogP contribution is -2.47. The number of nitrogens with zero attached hydrogens (tertiary/aromatic N) is 1. The average molecular weight is 418 g/mol. The maximum Gasteiger partial charge on any atom is 0.276 e. The number of hydrogen-bond acceptors (Lipinski definition) is 7. The Labute approximate surface area is 167 Å². The standard InChI is InChI=1S/C18H18N4O6S/c1-27-14-6-8-16(9-7-14)29(25,26)20-11-17(23)21-22-18(24)12-28-15-4-2-13(10-19)3-5-15/h2-9,20H,11-12H2,1H3,(H,21,23)(H,22,24). The summed E-state index contributed by atoms with van der Waals surface area (Å²) in [6.45, 7) is -0.963. The predicted molar refractivity (Wildman–Crippen MR) is 101 cm³/mol. The highest BCUT2D eigenvalue weighted by Gasteiger charge is 2.16. The molecule has 2 amide bonds. The van der Waals surface area contributed by atoms with Gasteiger partial charge in [-0.3, -0.25) is 20.4 Å². The highest BCUT2D eigenvalue weighted by Crippen LogP contribution is 2.15. The number of sulfonamides is 1. The maximum absolute atomic E-state index is 12.1. The van der Waals surface area contributed by atoms with E-state index in [0.717, 1.165) is 0 Å². The van der Waals surface area contributed by atoms with Crippen molar-refractivity contribution in [3.63, 3.8) is 0 Å². The minimum absolute atomic E-state index is 0.0362. The average Bonchev–Trinajstić information content (AvgIpc) is 2.75. The predicted octanol–water partition coefficient (Wildman–Crippen LogP) is 0.0716. The summed E-state index contributed by atoms with van der Waals surface area (Å²) in [7, 11) is -2.44. The van der Waals surface area contributed by atoms with E-state index < -0.39 is 28.4 Å². The van der Waals surface area contributed by atoms with Crippen molar-refractivity contribution in [1.82, 2.24) is 15.6 Å². The van der Waals surface area contributed by atoms with E-state index >= 15 is 0 Å². The third kappa shape index (κ3) is 6.80. The molecule has 0 aliphatic heterocycles. The van der Waals surface area contributed by atoms with E-state index in [4.69, 9.17) is 14.7 Å². The quantitative estimate of drug-likeness (QED) is 0.514. The van der Waals surface area contributed by atoms with E-state index in [2.05, 4.69) is 15.6 Å². The van der Waals surface area contributed by atoms with E-state index in [1.54, 1.807) is 0 Å². The molecule has 2 aromatic rings. The molecule has 11 heteroatoms. The second kappa shape index (κ2) is 10.1. The van der Waals surface area contributed by atoms with Crippen molar-refractivity contribution in [1.29, 1.82) is 5.26 Å². The second-order valence-electron chi connectivity index (χ2n) is 5.52. The van der Waals surface area contributed by atoms with E-state index in [0.29, 0.717) is 17.1 Å². The molecule has 0 aromatic heterocycles. The number of benzene rings is 2. The Kier molecular flexibility index (Phi) is 7.53. The Morgan fingerprint density at radius 3 is 2.14 bits per heavy atom. The summed E-state index contributed by atoms with van der Waals surface area (Å²) in [6.07, 6.45) is 0. The fraction of sp³-hybridized carbons (Fsp3) is 0.167. The van der Waals surface area contributed by atoms with Crippen LogP contribution in [0, 0.1) is 11.3 Å². The SMILES string of the molecule is COc1ccc(S(=O)(=O)NCC(=O)NNC(=O)COc2ccc(C#N)cc2)cc1. The van der Waals surface area contributed by atoms with Crippen LogP contribution in [0.4, 0.5) is 0 Å². The fourth-order valence-corrected chi connectivity index (χ4v) is 2.98. The van der Waals surface area contributed by atoms with Gasteiger partial charge in [0, 0.05) is 0 Å². The lowest BCUT2D eigenvalue weighted by Gasteiger charge is -2.10. The van der Waals surface area contributed by atoms with Crippen molar-refractivity contribution >= 4 is 21.8 Å². The van der Waals surface area contributed by atoms with Crippen LogP contribution in [-0.2, 0) is 19.6 Å². The molecular weight excluding hydrogens is 400 g/mol. The maximum atomic E-state index is 12.1. The minimum atomic E-state index is -3.90. The minimum Gasteiger partial charge on any atom is -0.497 e. The molecular formula is C18H18N4O6S. The van der Waals surface area contributed by atoms with Gasteiger partial charge in [0.2, 0.25) is 10.0 Å². The molecule has 29 heavy (non-hydrogen) atoms. The fourth-order valence-electron chi connectivity index (χ4n) is 1.99. The summed E-state index contributed by atoms with van der Waals surface area (Å²) >= 11 is 0. The first-order valence-electron chi connectivity index (χ1n) is 8.18. The van der Waals surface area contributed by atoms with Crippen LogP contribution >= 0.6 is 0 Å². The van der Waals surface area contributed by atoms with Crippen LogP contribution in [0.5, 0.6) is 11.5 Å². The van der Waals surface area contributed by atoms with Crippen LogP contribution in [0.3, 0.4) is 0 Å². The number of hydrazine groups is 1. The first kappa shape index (κ1) is 21.7. The Hall–Kier alpha value is -3.62. The number of amides is 2. The third-order valence-corrected chi connectivity index (χ3v) is 4.90. The van der Waals surface area contributed by atoms with Gasteiger partial charge in [-0.1, -0.05) is 0 Å². The van der Waals surface area contributed by atoms with Gasteiger partial charge in [0.15, 0.2) is 6.61 Å². The van der Waals surface area contributed by atoms with Crippen molar-refractivity contribution in [2.75, 3.05) is 20.3 Å². The van der Waals surface area contributed by atoms with Crippen LogP contribution in [0.2, 0.25) is 0 Å². The summed E-state index contributed by atoms with van der Waals surface area (Å²) in [5, 5.41) is 8.71. The van der Waals surface area contributed by atoms with Gasteiger partial charge in [0.1, 0.15) is 11.5 Å². The van der Waals surface area contributed by atoms with Crippen molar-refractivity contribution < 1.29 is 27.5 Å². The molecule has 0 atom stereocenters. The van der Waals surface area contributed by atoms with E-state index in [9.17, 15) is 18.0 Å². The highest BCUT2D eigenvalue weighted by atomic mass is 32.2. The van der Waals surface area contributed by atoms with Crippen molar-refractivity contribution in [3.8, 4) is 17.6 Å². The number of rotatable bonds is 8. The Balaban J connectivity index is 1.74. The molecule has 0 spiro atoms. The van der Waals surface area contributed by atoms with Gasteiger partial charge in [-0.2, -0.15) is 5.26 Å². The molecule has 0 radical (unpaired) electrons. The molecule has 0 unspecified atom stereocenters. The Morgan fingerprint density at radius 2 is 1.55 bits per heavy atom. The summed E-state index contributed by atoms with van der Waals surface area (Å²) < 4.78 is 36.5. The van der Waals surface area contributed by atoms with Gasteiger partial charge in [0.05, 0.1) is 30.2 Å². The van der Waals surface area contributed by atoms with Crippen molar-refractivity contribution in [3.05, 3.63) is 54.1 Å². The lowest BCUT2D eigenvalue weighted by atomic mass is 10.2. The molecule has 0 fully saturated rings. The normalized spacial score (nSPS) is 10.5. The Morgan fingerprint density at radius 1 is 0.966 bits per heavy atom. The van der Waals surface area contributed by atoms with Gasteiger partial charge in [-0.15, -0.1) is 0 Å². The number of hydrogen-bond donors (Lipinski definition) is 3. The molecule has 3 N–H and O–H groups in total.